The molecule has 1 saturated heterocycles. The van der Waals surface area contributed by atoms with E-state index in [4.69, 9.17) is 19.7 Å². The molecule has 0 amide bonds. The second kappa shape index (κ2) is 12.4. The first-order valence-corrected chi connectivity index (χ1v) is 13.2. The van der Waals surface area contributed by atoms with Crippen LogP contribution in [0.15, 0.2) is 41.3 Å². The highest BCUT2D eigenvalue weighted by Gasteiger charge is 2.31. The molecular formula is C27H29FN6O7. The van der Waals surface area contributed by atoms with Crippen molar-refractivity contribution in [2.24, 2.45) is 0 Å². The SMILES string of the molecule is O=C(O)C=CC(=O)O.O=c1cnc2ccc(F)c3c2n1C(CN1CCC(NCc2cc4c(nn2)OCCO4)CC1)C3. The Morgan fingerprint density at radius 3 is 2.56 bits per heavy atom. The molecule has 216 valence electrons. The van der Waals surface area contributed by atoms with Crippen molar-refractivity contribution in [2.75, 3.05) is 32.8 Å². The van der Waals surface area contributed by atoms with Crippen LogP contribution in [0.1, 0.15) is 30.1 Å². The third-order valence-corrected chi connectivity index (χ3v) is 7.16. The summed E-state index contributed by atoms with van der Waals surface area (Å²) in [4.78, 5) is 38.2. The van der Waals surface area contributed by atoms with E-state index in [9.17, 15) is 18.8 Å². The zero-order valence-corrected chi connectivity index (χ0v) is 22.0. The number of aliphatic carboxylic acids is 2. The van der Waals surface area contributed by atoms with E-state index in [2.05, 4.69) is 25.4 Å². The lowest BCUT2D eigenvalue weighted by Gasteiger charge is -2.34. The molecule has 1 atom stereocenters. The van der Waals surface area contributed by atoms with Gasteiger partial charge >= 0.3 is 11.9 Å². The van der Waals surface area contributed by atoms with Crippen molar-refractivity contribution >= 4 is 23.0 Å². The van der Waals surface area contributed by atoms with Gasteiger partial charge in [-0.2, -0.15) is 5.10 Å². The number of rotatable bonds is 7. The maximum absolute atomic E-state index is 14.4. The number of carbonyl (C=O) groups is 2. The molecule has 0 saturated carbocycles. The fraction of sp³-hybridized carbons (Fsp3) is 0.407. The Bertz CT molecular complexity index is 1520. The number of nitrogens with zero attached hydrogens (tertiary/aromatic N) is 5. The summed E-state index contributed by atoms with van der Waals surface area (Å²) in [5.41, 5.74) is 2.62. The van der Waals surface area contributed by atoms with E-state index in [1.54, 1.807) is 10.6 Å². The molecule has 0 spiro atoms. The zero-order valence-electron chi connectivity index (χ0n) is 22.0. The van der Waals surface area contributed by atoms with Gasteiger partial charge in [-0.25, -0.2) is 19.0 Å². The lowest BCUT2D eigenvalue weighted by molar-refractivity contribution is -0.134. The van der Waals surface area contributed by atoms with Crippen molar-refractivity contribution in [3.05, 3.63) is 64.0 Å². The molecule has 3 aliphatic heterocycles. The van der Waals surface area contributed by atoms with E-state index in [-0.39, 0.29) is 17.4 Å². The van der Waals surface area contributed by atoms with Crippen molar-refractivity contribution in [2.45, 2.75) is 37.9 Å². The molecule has 3 N–H and O–H groups in total. The van der Waals surface area contributed by atoms with Crippen molar-refractivity contribution < 1.29 is 33.7 Å². The summed E-state index contributed by atoms with van der Waals surface area (Å²) in [6.07, 6.45) is 4.98. The lowest BCUT2D eigenvalue weighted by Crippen LogP contribution is -2.44. The van der Waals surface area contributed by atoms with Crippen LogP contribution in [-0.4, -0.2) is 85.7 Å². The zero-order chi connectivity index (χ0) is 28.9. The van der Waals surface area contributed by atoms with Crippen molar-refractivity contribution in [3.8, 4) is 11.6 Å². The summed E-state index contributed by atoms with van der Waals surface area (Å²) in [6.45, 7) is 4.22. The van der Waals surface area contributed by atoms with Crippen LogP contribution < -0.4 is 20.3 Å². The third-order valence-electron chi connectivity index (χ3n) is 7.16. The fourth-order valence-corrected chi connectivity index (χ4v) is 5.29. The van der Waals surface area contributed by atoms with E-state index in [1.165, 1.54) is 12.3 Å². The number of carboxylic acid groups (broad SMARTS) is 2. The van der Waals surface area contributed by atoms with Gasteiger partial charge < -0.3 is 34.5 Å². The van der Waals surface area contributed by atoms with Crippen LogP contribution in [0, 0.1) is 5.82 Å². The molecule has 1 aromatic carbocycles. The monoisotopic (exact) mass is 568 g/mol. The molecule has 41 heavy (non-hydrogen) atoms. The Kier molecular flexibility index (Phi) is 8.50. The lowest BCUT2D eigenvalue weighted by atomic mass is 10.0. The Labute approximate surface area is 233 Å². The van der Waals surface area contributed by atoms with E-state index < -0.39 is 11.9 Å². The molecule has 0 bridgehead atoms. The molecular weight excluding hydrogens is 539 g/mol. The number of likely N-dealkylation sites (tertiary alicyclic amines) is 1. The number of hydrogen-bond acceptors (Lipinski definition) is 10. The van der Waals surface area contributed by atoms with Gasteiger partial charge in [-0.1, -0.05) is 0 Å². The highest BCUT2D eigenvalue weighted by molar-refractivity contribution is 5.89. The second-order valence-electron chi connectivity index (χ2n) is 9.89. The summed E-state index contributed by atoms with van der Waals surface area (Å²) in [5.74, 6) is -1.66. The average molecular weight is 569 g/mol. The molecule has 2 aromatic heterocycles. The number of carboxylic acids is 2. The van der Waals surface area contributed by atoms with Gasteiger partial charge in [0.2, 0.25) is 0 Å². The first-order chi connectivity index (χ1) is 19.8. The average Bonchev–Trinajstić information content (AvgIpc) is 3.36. The Morgan fingerprint density at radius 1 is 1.10 bits per heavy atom. The minimum Gasteiger partial charge on any atom is -0.484 e. The van der Waals surface area contributed by atoms with E-state index >= 15 is 0 Å². The van der Waals surface area contributed by atoms with Crippen LogP contribution in [0.4, 0.5) is 4.39 Å². The van der Waals surface area contributed by atoms with Crippen LogP contribution in [0.2, 0.25) is 0 Å². The van der Waals surface area contributed by atoms with Crippen molar-refractivity contribution in [1.29, 1.82) is 0 Å². The van der Waals surface area contributed by atoms with Gasteiger partial charge in [-0.05, 0) is 44.5 Å². The van der Waals surface area contributed by atoms with Gasteiger partial charge in [0.1, 0.15) is 19.0 Å². The first kappa shape index (κ1) is 28.1. The van der Waals surface area contributed by atoms with Gasteiger partial charge in [-0.15, -0.1) is 5.10 Å². The maximum atomic E-state index is 14.4. The summed E-state index contributed by atoms with van der Waals surface area (Å²) in [6, 6.07) is 5.30. The predicted octanol–water partition coefficient (Wildman–Crippen LogP) is 1.16. The Morgan fingerprint density at radius 2 is 1.83 bits per heavy atom. The molecule has 0 radical (unpaired) electrons. The molecule has 3 aromatic rings. The number of aromatic nitrogens is 4. The number of nitrogens with one attached hydrogen (secondary N) is 1. The largest absolute Gasteiger partial charge is 0.484 e. The minimum absolute atomic E-state index is 0.0626. The summed E-state index contributed by atoms with van der Waals surface area (Å²) in [7, 11) is 0. The number of fused-ring (bicyclic) bond motifs is 1. The maximum Gasteiger partial charge on any atom is 0.328 e. The van der Waals surface area contributed by atoms with E-state index in [0.717, 1.165) is 38.2 Å². The molecule has 3 aliphatic rings. The standard InChI is InChI=1S/C23H25FN6O3.C4H4O4/c24-18-1-2-19-22-17(18)10-16(30(22)21(31)12-26-19)13-29-5-3-14(4-6-29)25-11-15-9-20-23(28-27-15)33-8-7-32-20;5-3(6)1-2-4(7)8/h1-2,9,12,14,16,25H,3-8,10-11,13H2;1-2H,(H,5,6)(H,7,8). The normalized spacial score (nSPS) is 18.3. The smallest absolute Gasteiger partial charge is 0.328 e. The van der Waals surface area contributed by atoms with Crippen LogP contribution >= 0.6 is 0 Å². The Hall–Kier alpha value is -4.43. The fourth-order valence-electron chi connectivity index (χ4n) is 5.29. The summed E-state index contributed by atoms with van der Waals surface area (Å²) >= 11 is 0. The highest BCUT2D eigenvalue weighted by Crippen LogP contribution is 2.32. The quantitative estimate of drug-likeness (QED) is 0.348. The van der Waals surface area contributed by atoms with Gasteiger partial charge in [-0.3, -0.25) is 4.79 Å². The van der Waals surface area contributed by atoms with Gasteiger partial charge in [0.15, 0.2) is 5.75 Å². The van der Waals surface area contributed by atoms with Gasteiger partial charge in [0.25, 0.3) is 11.4 Å². The van der Waals surface area contributed by atoms with Crippen LogP contribution in [0.3, 0.4) is 0 Å². The van der Waals surface area contributed by atoms with Crippen molar-refractivity contribution in [1.82, 2.24) is 30.0 Å². The second-order valence-corrected chi connectivity index (χ2v) is 9.89. The molecule has 13 nitrogen and oxygen atoms in total. The predicted molar refractivity (Wildman–Crippen MR) is 142 cm³/mol. The van der Waals surface area contributed by atoms with E-state index in [0.29, 0.717) is 72.6 Å². The van der Waals surface area contributed by atoms with E-state index in [1.807, 2.05) is 6.07 Å². The Balaban J connectivity index is 0.000000372. The van der Waals surface area contributed by atoms with Crippen molar-refractivity contribution in [3.63, 3.8) is 0 Å². The first-order valence-electron chi connectivity index (χ1n) is 13.2. The number of halogens is 1. The highest BCUT2D eigenvalue weighted by atomic mass is 19.1. The molecule has 14 heteroatoms. The number of ether oxygens (including phenoxy) is 2. The van der Waals surface area contributed by atoms with Gasteiger partial charge in [0.05, 0.1) is 29.0 Å². The molecule has 0 aliphatic carbocycles. The molecule has 5 heterocycles. The molecule has 1 fully saturated rings. The van der Waals surface area contributed by atoms with Crippen LogP contribution in [0.5, 0.6) is 11.6 Å². The third kappa shape index (κ3) is 6.66. The van der Waals surface area contributed by atoms with Crippen LogP contribution in [0.25, 0.3) is 11.0 Å². The van der Waals surface area contributed by atoms with Crippen LogP contribution in [-0.2, 0) is 22.6 Å². The minimum atomic E-state index is -1.26. The number of benzene rings is 1. The van der Waals surface area contributed by atoms with Gasteiger partial charge in [0, 0.05) is 42.9 Å². The number of hydrogen-bond donors (Lipinski definition) is 3. The summed E-state index contributed by atoms with van der Waals surface area (Å²) in [5, 5.41) is 27.5. The number of piperidine rings is 1. The topological polar surface area (TPSA) is 169 Å². The molecule has 1 unspecified atom stereocenters. The summed E-state index contributed by atoms with van der Waals surface area (Å²) < 4.78 is 27.2. The molecule has 6 rings (SSSR count).